The van der Waals surface area contributed by atoms with Gasteiger partial charge in [0.1, 0.15) is 5.82 Å². The predicted molar refractivity (Wildman–Crippen MR) is 120 cm³/mol. The Bertz CT molecular complexity index is 902. The van der Waals surface area contributed by atoms with Gasteiger partial charge in [-0.1, -0.05) is 43.2 Å². The second-order valence-electron chi connectivity index (χ2n) is 8.62. The molecular weight excluding hydrogens is 390 g/mol. The monoisotopic (exact) mass is 423 g/mol. The summed E-state index contributed by atoms with van der Waals surface area (Å²) in [6.45, 7) is 4.63. The molecule has 1 aromatic carbocycles. The van der Waals surface area contributed by atoms with Crippen LogP contribution in [0.4, 0.5) is 0 Å². The third-order valence-corrected chi connectivity index (χ3v) is 6.40. The van der Waals surface area contributed by atoms with E-state index >= 15 is 0 Å². The van der Waals surface area contributed by atoms with Gasteiger partial charge in [0.25, 0.3) is 0 Å². The average molecular weight is 424 g/mol. The number of carbonyl (C=O) groups is 1. The number of nitrogens with one attached hydrogen (secondary N) is 2. The van der Waals surface area contributed by atoms with Gasteiger partial charge in [0, 0.05) is 32.1 Å². The van der Waals surface area contributed by atoms with Crippen molar-refractivity contribution in [2.75, 3.05) is 13.1 Å². The molecule has 2 N–H and O–H groups in total. The molecular formula is C23H33N7O. The van der Waals surface area contributed by atoms with Crippen molar-refractivity contribution in [1.29, 1.82) is 0 Å². The molecule has 1 atom stereocenters. The Balaban J connectivity index is 1.38. The predicted octanol–water partition coefficient (Wildman–Crippen LogP) is 2.15. The van der Waals surface area contributed by atoms with Crippen molar-refractivity contribution < 1.29 is 4.79 Å². The Morgan fingerprint density at radius 3 is 2.65 bits per heavy atom. The summed E-state index contributed by atoms with van der Waals surface area (Å²) < 4.78 is 1.97. The Kier molecular flexibility index (Phi) is 6.84. The summed E-state index contributed by atoms with van der Waals surface area (Å²) in [5, 5.41) is 15.3. The normalized spacial score (nSPS) is 19.7. The number of aliphatic imine (C=N–C) groups is 1. The van der Waals surface area contributed by atoms with Crippen molar-refractivity contribution >= 4 is 11.9 Å². The second-order valence-corrected chi connectivity index (χ2v) is 8.62. The van der Waals surface area contributed by atoms with Gasteiger partial charge in [-0.05, 0) is 31.7 Å². The maximum Gasteiger partial charge on any atom is 0.225 e. The van der Waals surface area contributed by atoms with E-state index in [9.17, 15) is 4.79 Å². The SMILES string of the molecule is Cc1nnc(CNC(=NCc2ccccc2)NC2CCN(C(=O)C3CCCC3)C2)n1C. The van der Waals surface area contributed by atoms with Crippen LogP contribution in [-0.4, -0.2) is 50.7 Å². The highest BCUT2D eigenvalue weighted by molar-refractivity contribution is 5.81. The molecule has 1 saturated carbocycles. The molecule has 2 fully saturated rings. The van der Waals surface area contributed by atoms with Gasteiger partial charge in [0.2, 0.25) is 5.91 Å². The number of rotatable bonds is 6. The van der Waals surface area contributed by atoms with Gasteiger partial charge in [-0.3, -0.25) is 4.79 Å². The van der Waals surface area contributed by atoms with Gasteiger partial charge in [0.05, 0.1) is 13.1 Å². The Labute approximate surface area is 184 Å². The molecule has 2 heterocycles. The molecule has 1 saturated heterocycles. The number of nitrogens with zero attached hydrogens (tertiary/aromatic N) is 5. The van der Waals surface area contributed by atoms with Crippen LogP contribution in [0.2, 0.25) is 0 Å². The summed E-state index contributed by atoms with van der Waals surface area (Å²) in [5.41, 5.74) is 1.16. The van der Waals surface area contributed by atoms with Crippen molar-refractivity contribution in [1.82, 2.24) is 30.3 Å². The number of aromatic nitrogens is 3. The maximum absolute atomic E-state index is 12.8. The molecule has 1 unspecified atom stereocenters. The lowest BCUT2D eigenvalue weighted by molar-refractivity contribution is -0.134. The van der Waals surface area contributed by atoms with Crippen LogP contribution in [0.3, 0.4) is 0 Å². The first-order valence-corrected chi connectivity index (χ1v) is 11.3. The summed E-state index contributed by atoms with van der Waals surface area (Å²) in [4.78, 5) is 19.6. The first-order valence-electron chi connectivity index (χ1n) is 11.3. The molecule has 0 radical (unpaired) electrons. The third-order valence-electron chi connectivity index (χ3n) is 6.40. The molecule has 0 bridgehead atoms. The molecule has 1 aliphatic carbocycles. The standard InChI is InChI=1S/C23H33N7O/c1-17-27-28-21(29(17)2)15-25-23(24-14-18-8-4-3-5-9-18)26-20-12-13-30(16-20)22(31)19-10-6-7-11-19/h3-5,8-9,19-20H,6-7,10-16H2,1-2H3,(H2,24,25,26). The van der Waals surface area contributed by atoms with E-state index in [2.05, 4.69) is 33.0 Å². The quantitative estimate of drug-likeness (QED) is 0.549. The molecule has 2 aromatic rings. The Morgan fingerprint density at radius 2 is 1.94 bits per heavy atom. The molecule has 31 heavy (non-hydrogen) atoms. The van der Waals surface area contributed by atoms with Gasteiger partial charge < -0.3 is 20.1 Å². The second kappa shape index (κ2) is 9.94. The molecule has 8 heteroatoms. The van der Waals surface area contributed by atoms with Crippen LogP contribution in [0.1, 0.15) is 49.3 Å². The van der Waals surface area contributed by atoms with Crippen LogP contribution in [0, 0.1) is 12.8 Å². The first kappa shape index (κ1) is 21.3. The average Bonchev–Trinajstić information content (AvgIpc) is 3.54. The van der Waals surface area contributed by atoms with Crippen molar-refractivity contribution in [3.05, 3.63) is 47.5 Å². The van der Waals surface area contributed by atoms with Crippen molar-refractivity contribution in [2.45, 2.75) is 58.2 Å². The van der Waals surface area contributed by atoms with Gasteiger partial charge in [0.15, 0.2) is 11.8 Å². The van der Waals surface area contributed by atoms with Crippen LogP contribution >= 0.6 is 0 Å². The topological polar surface area (TPSA) is 87.4 Å². The lowest BCUT2D eigenvalue weighted by atomic mass is 10.1. The van der Waals surface area contributed by atoms with E-state index in [0.717, 1.165) is 55.5 Å². The Morgan fingerprint density at radius 1 is 1.16 bits per heavy atom. The highest BCUT2D eigenvalue weighted by Gasteiger charge is 2.32. The molecule has 4 rings (SSSR count). The molecule has 8 nitrogen and oxygen atoms in total. The number of hydrogen-bond acceptors (Lipinski definition) is 4. The molecule has 166 valence electrons. The summed E-state index contributed by atoms with van der Waals surface area (Å²) in [7, 11) is 1.96. The summed E-state index contributed by atoms with van der Waals surface area (Å²) >= 11 is 0. The summed E-state index contributed by atoms with van der Waals surface area (Å²) in [6.07, 6.45) is 5.42. The lowest BCUT2D eigenvalue weighted by Gasteiger charge is -2.21. The number of hydrogen-bond donors (Lipinski definition) is 2. The Hall–Kier alpha value is -2.90. The third kappa shape index (κ3) is 5.42. The zero-order valence-corrected chi connectivity index (χ0v) is 18.5. The molecule has 1 amide bonds. The van der Waals surface area contributed by atoms with Crippen LogP contribution in [-0.2, 0) is 24.9 Å². The minimum Gasteiger partial charge on any atom is -0.352 e. The zero-order chi connectivity index (χ0) is 21.6. The van der Waals surface area contributed by atoms with E-state index in [1.807, 2.05) is 41.6 Å². The molecule has 1 aromatic heterocycles. The molecule has 0 spiro atoms. The number of carbonyl (C=O) groups excluding carboxylic acids is 1. The van der Waals surface area contributed by atoms with Gasteiger partial charge in [-0.2, -0.15) is 0 Å². The largest absolute Gasteiger partial charge is 0.352 e. The molecule has 2 aliphatic rings. The fraction of sp³-hybridized carbons (Fsp3) is 0.565. The number of amides is 1. The number of aryl methyl sites for hydroxylation is 1. The van der Waals surface area contributed by atoms with Crippen molar-refractivity contribution in [3.8, 4) is 0 Å². The molecule has 1 aliphatic heterocycles. The van der Waals surface area contributed by atoms with Crippen molar-refractivity contribution in [2.24, 2.45) is 18.0 Å². The lowest BCUT2D eigenvalue weighted by Crippen LogP contribution is -2.45. The van der Waals surface area contributed by atoms with E-state index in [-0.39, 0.29) is 12.0 Å². The summed E-state index contributed by atoms with van der Waals surface area (Å²) in [6, 6.07) is 10.4. The van der Waals surface area contributed by atoms with E-state index in [1.165, 1.54) is 12.8 Å². The number of guanidine groups is 1. The van der Waals surface area contributed by atoms with E-state index in [1.54, 1.807) is 0 Å². The fourth-order valence-corrected chi connectivity index (χ4v) is 4.38. The number of likely N-dealkylation sites (tertiary alicyclic amines) is 1. The van der Waals surface area contributed by atoms with Gasteiger partial charge in [-0.25, -0.2) is 4.99 Å². The van der Waals surface area contributed by atoms with Gasteiger partial charge >= 0.3 is 0 Å². The fourth-order valence-electron chi connectivity index (χ4n) is 4.38. The first-order chi connectivity index (χ1) is 15.1. The van der Waals surface area contributed by atoms with Crippen molar-refractivity contribution in [3.63, 3.8) is 0 Å². The summed E-state index contributed by atoms with van der Waals surface area (Å²) in [5.74, 6) is 3.06. The van der Waals surface area contributed by atoms with Crippen LogP contribution < -0.4 is 10.6 Å². The minimum absolute atomic E-state index is 0.202. The van der Waals surface area contributed by atoms with Crippen LogP contribution in [0.25, 0.3) is 0 Å². The number of benzene rings is 1. The zero-order valence-electron chi connectivity index (χ0n) is 18.5. The van der Waals surface area contributed by atoms with Crippen LogP contribution in [0.15, 0.2) is 35.3 Å². The van der Waals surface area contributed by atoms with Crippen LogP contribution in [0.5, 0.6) is 0 Å². The smallest absolute Gasteiger partial charge is 0.225 e. The van der Waals surface area contributed by atoms with E-state index < -0.39 is 0 Å². The van der Waals surface area contributed by atoms with E-state index in [0.29, 0.717) is 19.0 Å². The van der Waals surface area contributed by atoms with Gasteiger partial charge in [-0.15, -0.1) is 10.2 Å². The maximum atomic E-state index is 12.8. The van der Waals surface area contributed by atoms with E-state index in [4.69, 9.17) is 4.99 Å². The minimum atomic E-state index is 0.202. The highest BCUT2D eigenvalue weighted by atomic mass is 16.2. The highest BCUT2D eigenvalue weighted by Crippen LogP contribution is 2.27.